The first-order valence-corrected chi connectivity index (χ1v) is 7.99. The zero-order chi connectivity index (χ0) is 15.2. The molecule has 1 aromatic carbocycles. The van der Waals surface area contributed by atoms with Gasteiger partial charge in [-0.3, -0.25) is 0 Å². The van der Waals surface area contributed by atoms with E-state index < -0.39 is 17.5 Å². The van der Waals surface area contributed by atoms with E-state index in [9.17, 15) is 13.2 Å². The summed E-state index contributed by atoms with van der Waals surface area (Å²) in [7, 11) is 0. The number of rotatable bonds is 5. The van der Waals surface area contributed by atoms with Crippen LogP contribution in [0.25, 0.3) is 0 Å². The van der Waals surface area contributed by atoms with Crippen LogP contribution in [0.1, 0.15) is 63.5 Å². The molecule has 21 heavy (non-hydrogen) atoms. The third-order valence-corrected chi connectivity index (χ3v) is 4.39. The number of hydrogen-bond acceptors (Lipinski definition) is 1. The zero-order valence-corrected chi connectivity index (χ0v) is 12.6. The summed E-state index contributed by atoms with van der Waals surface area (Å²) in [6.45, 7) is 2.55. The molecular formula is C17H24F3N. The van der Waals surface area contributed by atoms with Gasteiger partial charge in [0.2, 0.25) is 0 Å². The first kappa shape index (κ1) is 16.3. The maximum Gasteiger partial charge on any atom is 0.133 e. The summed E-state index contributed by atoms with van der Waals surface area (Å²) in [5, 5.41) is 3.17. The molecule has 0 radical (unpaired) electrons. The predicted octanol–water partition coefficient (Wildman–Crippen LogP) is 5.12. The average Bonchev–Trinajstić information content (AvgIpc) is 2.66. The molecular weight excluding hydrogens is 275 g/mol. The fourth-order valence-electron chi connectivity index (χ4n) is 3.37. The lowest BCUT2D eigenvalue weighted by atomic mass is 9.89. The Morgan fingerprint density at radius 1 is 1.05 bits per heavy atom. The Kier molecular flexibility index (Phi) is 6.09. The van der Waals surface area contributed by atoms with Crippen LogP contribution in [0.4, 0.5) is 13.2 Å². The van der Waals surface area contributed by atoms with Gasteiger partial charge in [-0.05, 0) is 18.9 Å². The van der Waals surface area contributed by atoms with Crippen molar-refractivity contribution >= 4 is 0 Å². The second-order valence-electron chi connectivity index (χ2n) is 5.99. The lowest BCUT2D eigenvalue weighted by Gasteiger charge is -2.24. The molecule has 0 aromatic heterocycles. The van der Waals surface area contributed by atoms with Crippen molar-refractivity contribution in [3.05, 3.63) is 35.1 Å². The van der Waals surface area contributed by atoms with Gasteiger partial charge in [0.05, 0.1) is 0 Å². The Morgan fingerprint density at radius 2 is 1.62 bits per heavy atom. The highest BCUT2D eigenvalue weighted by Gasteiger charge is 2.24. The fraction of sp³-hybridized carbons (Fsp3) is 0.647. The van der Waals surface area contributed by atoms with Crippen molar-refractivity contribution in [2.45, 2.75) is 57.9 Å². The van der Waals surface area contributed by atoms with Crippen LogP contribution in [0.2, 0.25) is 0 Å². The largest absolute Gasteiger partial charge is 0.310 e. The smallest absolute Gasteiger partial charge is 0.133 e. The van der Waals surface area contributed by atoms with Crippen LogP contribution in [0.15, 0.2) is 12.1 Å². The normalized spacial score (nSPS) is 18.5. The molecule has 2 rings (SSSR count). The Balaban J connectivity index is 2.18. The summed E-state index contributed by atoms with van der Waals surface area (Å²) in [6.07, 6.45) is 7.84. The van der Waals surface area contributed by atoms with Gasteiger partial charge in [0.25, 0.3) is 0 Å². The van der Waals surface area contributed by atoms with E-state index in [-0.39, 0.29) is 11.6 Å². The molecule has 1 saturated carbocycles. The van der Waals surface area contributed by atoms with Crippen molar-refractivity contribution in [3.8, 4) is 0 Å². The average molecular weight is 299 g/mol. The summed E-state index contributed by atoms with van der Waals surface area (Å²) < 4.78 is 41.1. The standard InChI is InChI=1S/C17H24F3N/c1-2-21-16(9-12-7-5-3-4-6-8-12)17-14(19)10-13(18)11-15(17)20/h10-12,16,21H,2-9H2,1H3. The van der Waals surface area contributed by atoms with Gasteiger partial charge in [-0.25, -0.2) is 13.2 Å². The molecule has 1 fully saturated rings. The molecule has 0 spiro atoms. The summed E-state index contributed by atoms with van der Waals surface area (Å²) in [6, 6.07) is 1.17. The van der Waals surface area contributed by atoms with E-state index >= 15 is 0 Å². The Labute approximate surface area is 124 Å². The molecule has 4 heteroatoms. The van der Waals surface area contributed by atoms with Crippen LogP contribution >= 0.6 is 0 Å². The maximum atomic E-state index is 14.0. The van der Waals surface area contributed by atoms with Crippen molar-refractivity contribution in [1.29, 1.82) is 0 Å². The molecule has 1 atom stereocenters. The van der Waals surface area contributed by atoms with Gasteiger partial charge in [-0.1, -0.05) is 45.4 Å². The number of hydrogen-bond donors (Lipinski definition) is 1. The molecule has 1 aliphatic carbocycles. The molecule has 0 amide bonds. The lowest BCUT2D eigenvalue weighted by Crippen LogP contribution is -2.25. The molecule has 0 bridgehead atoms. The predicted molar refractivity (Wildman–Crippen MR) is 78.5 cm³/mol. The SMILES string of the molecule is CCNC(CC1CCCCCC1)c1c(F)cc(F)cc1F. The van der Waals surface area contributed by atoms with Crippen molar-refractivity contribution in [2.24, 2.45) is 5.92 Å². The molecule has 0 aliphatic heterocycles. The van der Waals surface area contributed by atoms with Crippen molar-refractivity contribution < 1.29 is 13.2 Å². The van der Waals surface area contributed by atoms with Crippen LogP contribution in [0, 0.1) is 23.4 Å². The highest BCUT2D eigenvalue weighted by Crippen LogP contribution is 2.33. The van der Waals surface area contributed by atoms with E-state index in [1.807, 2.05) is 6.92 Å². The molecule has 1 nitrogen and oxygen atoms in total. The third-order valence-electron chi connectivity index (χ3n) is 4.39. The highest BCUT2D eigenvalue weighted by atomic mass is 19.1. The van der Waals surface area contributed by atoms with Gasteiger partial charge in [-0.2, -0.15) is 0 Å². The molecule has 1 aromatic rings. The molecule has 0 heterocycles. The van der Waals surface area contributed by atoms with Gasteiger partial charge in [-0.15, -0.1) is 0 Å². The monoisotopic (exact) mass is 299 g/mol. The lowest BCUT2D eigenvalue weighted by molar-refractivity contribution is 0.344. The molecule has 1 aliphatic rings. The minimum Gasteiger partial charge on any atom is -0.310 e. The molecule has 1 unspecified atom stereocenters. The van der Waals surface area contributed by atoms with Gasteiger partial charge >= 0.3 is 0 Å². The van der Waals surface area contributed by atoms with E-state index in [1.165, 1.54) is 25.7 Å². The van der Waals surface area contributed by atoms with Crippen LogP contribution in [0.5, 0.6) is 0 Å². The first-order chi connectivity index (χ1) is 10.1. The van der Waals surface area contributed by atoms with Crippen LogP contribution < -0.4 is 5.32 Å². The van der Waals surface area contributed by atoms with Crippen LogP contribution in [0.3, 0.4) is 0 Å². The quantitative estimate of drug-likeness (QED) is 0.745. The van der Waals surface area contributed by atoms with E-state index in [1.54, 1.807) is 0 Å². The second-order valence-corrected chi connectivity index (χ2v) is 5.99. The van der Waals surface area contributed by atoms with Crippen molar-refractivity contribution in [2.75, 3.05) is 6.54 Å². The minimum absolute atomic E-state index is 0.0116. The van der Waals surface area contributed by atoms with Crippen LogP contribution in [-0.2, 0) is 0 Å². The third kappa shape index (κ3) is 4.47. The van der Waals surface area contributed by atoms with Crippen molar-refractivity contribution in [1.82, 2.24) is 5.32 Å². The number of nitrogens with one attached hydrogen (secondary N) is 1. The Morgan fingerprint density at radius 3 is 2.14 bits per heavy atom. The zero-order valence-electron chi connectivity index (χ0n) is 12.6. The van der Waals surface area contributed by atoms with E-state index in [0.29, 0.717) is 18.9 Å². The number of benzene rings is 1. The number of halogens is 3. The molecule has 118 valence electrons. The van der Waals surface area contributed by atoms with E-state index in [2.05, 4.69) is 5.32 Å². The fourth-order valence-corrected chi connectivity index (χ4v) is 3.37. The van der Waals surface area contributed by atoms with Crippen molar-refractivity contribution in [3.63, 3.8) is 0 Å². The van der Waals surface area contributed by atoms with Gasteiger partial charge in [0.1, 0.15) is 17.5 Å². The summed E-state index contributed by atoms with van der Waals surface area (Å²) in [5.74, 6) is -1.95. The Hall–Kier alpha value is -1.03. The summed E-state index contributed by atoms with van der Waals surface area (Å²) in [4.78, 5) is 0. The Bertz CT molecular complexity index is 430. The van der Waals surface area contributed by atoms with Gasteiger partial charge in [0.15, 0.2) is 0 Å². The van der Waals surface area contributed by atoms with Gasteiger partial charge < -0.3 is 5.32 Å². The van der Waals surface area contributed by atoms with E-state index in [0.717, 1.165) is 25.0 Å². The highest BCUT2D eigenvalue weighted by molar-refractivity contribution is 5.24. The molecule has 1 N–H and O–H groups in total. The minimum atomic E-state index is -0.863. The second kappa shape index (κ2) is 7.83. The van der Waals surface area contributed by atoms with Gasteiger partial charge in [0, 0.05) is 23.7 Å². The maximum absolute atomic E-state index is 14.0. The first-order valence-electron chi connectivity index (χ1n) is 7.99. The summed E-state index contributed by atoms with van der Waals surface area (Å²) >= 11 is 0. The van der Waals surface area contributed by atoms with Crippen LogP contribution in [-0.4, -0.2) is 6.54 Å². The topological polar surface area (TPSA) is 12.0 Å². The van der Waals surface area contributed by atoms with E-state index in [4.69, 9.17) is 0 Å². The molecule has 0 saturated heterocycles. The summed E-state index contributed by atoms with van der Waals surface area (Å²) in [5.41, 5.74) is -0.0116.